The fourth-order valence-electron chi connectivity index (χ4n) is 2.30. The van der Waals surface area contributed by atoms with E-state index < -0.39 is 18.1 Å². The summed E-state index contributed by atoms with van der Waals surface area (Å²) in [7, 11) is 1.29. The zero-order valence-corrected chi connectivity index (χ0v) is 11.2. The van der Waals surface area contributed by atoms with Crippen LogP contribution in [-0.2, 0) is 16.0 Å². The fourth-order valence-corrected chi connectivity index (χ4v) is 2.30. The van der Waals surface area contributed by atoms with Gasteiger partial charge in [-0.15, -0.1) is 0 Å². The van der Waals surface area contributed by atoms with E-state index in [1.807, 2.05) is 0 Å². The highest BCUT2D eigenvalue weighted by atomic mass is 19.1. The molecule has 0 saturated heterocycles. The van der Waals surface area contributed by atoms with Crippen LogP contribution in [0.2, 0.25) is 0 Å². The number of benzene rings is 2. The molecule has 4 nitrogen and oxygen atoms in total. The molecule has 0 radical (unpaired) electrons. The molecule has 2 rings (SSSR count). The number of hydrogen-bond donors (Lipinski definition) is 2. The van der Waals surface area contributed by atoms with E-state index in [0.29, 0.717) is 21.9 Å². The van der Waals surface area contributed by atoms with Gasteiger partial charge in [-0.3, -0.25) is 4.79 Å². The second-order valence-electron chi connectivity index (χ2n) is 4.57. The van der Waals surface area contributed by atoms with Gasteiger partial charge in [0.05, 0.1) is 13.5 Å². The number of methoxy groups -OCH3 is 1. The highest BCUT2D eigenvalue weighted by Gasteiger charge is 2.17. The third kappa shape index (κ3) is 2.64. The van der Waals surface area contributed by atoms with E-state index in [1.54, 1.807) is 13.0 Å². The molecule has 0 fully saturated rings. The summed E-state index contributed by atoms with van der Waals surface area (Å²) < 4.78 is 18.0. The van der Waals surface area contributed by atoms with Crippen LogP contribution in [0, 0.1) is 12.7 Å². The molecular weight excluding hydrogens is 263 g/mol. The molecule has 0 aliphatic heterocycles. The summed E-state index contributed by atoms with van der Waals surface area (Å²) >= 11 is 0. The van der Waals surface area contributed by atoms with Crippen LogP contribution < -0.4 is 0 Å². The van der Waals surface area contributed by atoms with Gasteiger partial charge in [0, 0.05) is 5.56 Å². The average Bonchev–Trinajstić information content (AvgIpc) is 2.39. The molecule has 0 heterocycles. The Hall–Kier alpha value is -1.98. The van der Waals surface area contributed by atoms with E-state index in [1.165, 1.54) is 25.3 Å². The molecule has 20 heavy (non-hydrogen) atoms. The first-order chi connectivity index (χ1) is 9.43. The van der Waals surface area contributed by atoms with E-state index in [0.717, 1.165) is 0 Å². The number of carbonyl (C=O) groups excluding carboxylic acids is 1. The molecule has 0 unspecified atom stereocenters. The van der Waals surface area contributed by atoms with Gasteiger partial charge in [-0.25, -0.2) is 4.39 Å². The van der Waals surface area contributed by atoms with Crippen LogP contribution in [0.4, 0.5) is 4.39 Å². The Morgan fingerprint density at radius 2 is 2.05 bits per heavy atom. The average molecular weight is 278 g/mol. The summed E-state index contributed by atoms with van der Waals surface area (Å²) in [5.41, 5.74) is 1.38. The van der Waals surface area contributed by atoms with Gasteiger partial charge in [0.2, 0.25) is 0 Å². The lowest BCUT2D eigenvalue weighted by Gasteiger charge is -2.16. The maximum atomic E-state index is 13.3. The lowest BCUT2D eigenvalue weighted by molar-refractivity contribution is -0.139. The lowest BCUT2D eigenvalue weighted by atomic mass is 9.93. The Balaban J connectivity index is 2.70. The Labute approximate surface area is 115 Å². The first-order valence-corrected chi connectivity index (χ1v) is 6.08. The molecular formula is C15H15FO4. The summed E-state index contributed by atoms with van der Waals surface area (Å²) in [5, 5.41) is 20.1. The number of hydrogen-bond acceptors (Lipinski definition) is 4. The highest BCUT2D eigenvalue weighted by Crippen LogP contribution is 2.30. The Kier molecular flexibility index (Phi) is 4.01. The standard InChI is InChI=1S/C15H15FO4/c1-8-10(6-13(17)20-2)5-9-3-4-11(16)7-12(9)14(8)15(18)19/h3-5,7,15,18-19H,6H2,1-2H3. The van der Waals surface area contributed by atoms with E-state index >= 15 is 0 Å². The van der Waals surface area contributed by atoms with Gasteiger partial charge in [0.25, 0.3) is 0 Å². The van der Waals surface area contributed by atoms with Crippen molar-refractivity contribution in [3.63, 3.8) is 0 Å². The molecule has 5 heteroatoms. The second kappa shape index (κ2) is 5.56. The Morgan fingerprint density at radius 3 is 2.65 bits per heavy atom. The van der Waals surface area contributed by atoms with Crippen molar-refractivity contribution in [1.82, 2.24) is 0 Å². The van der Waals surface area contributed by atoms with Crippen LogP contribution in [0.3, 0.4) is 0 Å². The van der Waals surface area contributed by atoms with Crippen molar-refractivity contribution in [3.05, 3.63) is 46.8 Å². The summed E-state index contributed by atoms with van der Waals surface area (Å²) in [4.78, 5) is 11.4. The van der Waals surface area contributed by atoms with E-state index in [-0.39, 0.29) is 12.0 Å². The molecule has 0 aliphatic carbocycles. The van der Waals surface area contributed by atoms with Crippen molar-refractivity contribution >= 4 is 16.7 Å². The molecule has 0 spiro atoms. The second-order valence-corrected chi connectivity index (χ2v) is 4.57. The SMILES string of the molecule is COC(=O)Cc1cc2ccc(F)cc2c(C(O)O)c1C. The van der Waals surface area contributed by atoms with Crippen molar-refractivity contribution < 1.29 is 24.1 Å². The number of halogens is 1. The maximum absolute atomic E-state index is 13.3. The largest absolute Gasteiger partial charge is 0.469 e. The number of carbonyl (C=O) groups is 1. The molecule has 0 atom stereocenters. The van der Waals surface area contributed by atoms with Gasteiger partial charge in [-0.2, -0.15) is 0 Å². The molecule has 0 bridgehead atoms. The van der Waals surface area contributed by atoms with Gasteiger partial charge >= 0.3 is 5.97 Å². The van der Waals surface area contributed by atoms with Crippen LogP contribution in [-0.4, -0.2) is 23.3 Å². The van der Waals surface area contributed by atoms with Crippen LogP contribution >= 0.6 is 0 Å². The predicted molar refractivity (Wildman–Crippen MR) is 71.5 cm³/mol. The quantitative estimate of drug-likeness (QED) is 0.665. The van der Waals surface area contributed by atoms with Gasteiger partial charge in [0.1, 0.15) is 5.82 Å². The minimum Gasteiger partial charge on any atom is -0.469 e. The van der Waals surface area contributed by atoms with Crippen LogP contribution in [0.1, 0.15) is 23.0 Å². The minimum atomic E-state index is -1.74. The van der Waals surface area contributed by atoms with Gasteiger partial charge in [-0.1, -0.05) is 12.1 Å². The molecule has 0 saturated carbocycles. The monoisotopic (exact) mass is 278 g/mol. The third-order valence-corrected chi connectivity index (χ3v) is 3.34. The Bertz CT molecular complexity index is 664. The maximum Gasteiger partial charge on any atom is 0.309 e. The van der Waals surface area contributed by atoms with Gasteiger partial charge in [-0.05, 0) is 41.0 Å². The number of rotatable bonds is 3. The van der Waals surface area contributed by atoms with Crippen LogP contribution in [0.5, 0.6) is 0 Å². The molecule has 2 aromatic carbocycles. The molecule has 2 aromatic rings. The van der Waals surface area contributed by atoms with E-state index in [2.05, 4.69) is 4.74 Å². The van der Waals surface area contributed by atoms with Crippen molar-refractivity contribution in [1.29, 1.82) is 0 Å². The smallest absolute Gasteiger partial charge is 0.309 e. The van der Waals surface area contributed by atoms with Gasteiger partial charge < -0.3 is 14.9 Å². The zero-order valence-electron chi connectivity index (χ0n) is 11.2. The number of aliphatic hydroxyl groups is 2. The first kappa shape index (κ1) is 14.4. The molecule has 2 N–H and O–H groups in total. The van der Waals surface area contributed by atoms with E-state index in [4.69, 9.17) is 0 Å². The predicted octanol–water partition coefficient (Wildman–Crippen LogP) is 1.99. The molecule has 0 amide bonds. The van der Waals surface area contributed by atoms with E-state index in [9.17, 15) is 19.4 Å². The van der Waals surface area contributed by atoms with Crippen LogP contribution in [0.15, 0.2) is 24.3 Å². The van der Waals surface area contributed by atoms with Crippen molar-refractivity contribution in [2.75, 3.05) is 7.11 Å². The minimum absolute atomic E-state index is 0.0232. The summed E-state index contributed by atoms with van der Waals surface area (Å²) in [6.07, 6.45) is -1.72. The number of fused-ring (bicyclic) bond motifs is 1. The van der Waals surface area contributed by atoms with Crippen molar-refractivity contribution in [2.24, 2.45) is 0 Å². The number of aliphatic hydroxyl groups excluding tert-OH is 1. The first-order valence-electron chi connectivity index (χ1n) is 6.08. The highest BCUT2D eigenvalue weighted by molar-refractivity contribution is 5.89. The van der Waals surface area contributed by atoms with Gasteiger partial charge in [0.15, 0.2) is 6.29 Å². The lowest BCUT2D eigenvalue weighted by Crippen LogP contribution is -2.09. The fraction of sp³-hybridized carbons (Fsp3) is 0.267. The zero-order chi connectivity index (χ0) is 14.9. The number of ether oxygens (including phenoxy) is 1. The molecule has 0 aromatic heterocycles. The number of esters is 1. The Morgan fingerprint density at radius 1 is 1.35 bits per heavy atom. The normalized spacial score (nSPS) is 11.1. The third-order valence-electron chi connectivity index (χ3n) is 3.34. The summed E-state index contributed by atoms with van der Waals surface area (Å²) in [5.74, 6) is -0.882. The summed E-state index contributed by atoms with van der Waals surface area (Å²) in [6.45, 7) is 1.66. The van der Waals surface area contributed by atoms with Crippen molar-refractivity contribution in [3.8, 4) is 0 Å². The molecule has 106 valence electrons. The van der Waals surface area contributed by atoms with Crippen molar-refractivity contribution in [2.45, 2.75) is 19.6 Å². The molecule has 0 aliphatic rings. The van der Waals surface area contributed by atoms with Crippen LogP contribution in [0.25, 0.3) is 10.8 Å². The summed E-state index contributed by atoms with van der Waals surface area (Å²) in [6, 6.07) is 5.80. The topological polar surface area (TPSA) is 66.8 Å².